The third kappa shape index (κ3) is 5.41. The number of carbonyl (C=O) groups excluding carboxylic acids is 1. The Morgan fingerprint density at radius 2 is 2.00 bits per heavy atom. The van der Waals surface area contributed by atoms with Crippen molar-refractivity contribution in [3.8, 4) is 5.75 Å². The normalized spacial score (nSPS) is 15.2. The number of hydrogen-bond acceptors (Lipinski definition) is 4. The fourth-order valence-corrected chi connectivity index (χ4v) is 2.71. The first kappa shape index (κ1) is 17.6. The maximum Gasteiger partial charge on any atom is 0.323 e. The van der Waals surface area contributed by atoms with Crippen LogP contribution in [0.1, 0.15) is 19.3 Å². The van der Waals surface area contributed by atoms with Crippen molar-refractivity contribution in [1.29, 1.82) is 0 Å². The van der Waals surface area contributed by atoms with E-state index in [0.717, 1.165) is 0 Å². The topological polar surface area (TPSA) is 76.1 Å². The third-order valence-electron chi connectivity index (χ3n) is 3.67. The van der Waals surface area contributed by atoms with Gasteiger partial charge in [-0.2, -0.15) is 0 Å². The molecule has 1 saturated heterocycles. The molecule has 1 aromatic carbocycles. The number of hydrogen-bond donors (Lipinski definition) is 1. The first-order chi connectivity index (χ1) is 11.1. The molecule has 1 aliphatic heterocycles. The van der Waals surface area contributed by atoms with Crippen LogP contribution in [0.2, 0.25) is 5.02 Å². The summed E-state index contributed by atoms with van der Waals surface area (Å²) in [7, 11) is 0. The quantitative estimate of drug-likeness (QED) is 0.822. The lowest BCUT2D eigenvalue weighted by molar-refractivity contribution is -0.148. The molecule has 2 rings (SSSR count). The summed E-state index contributed by atoms with van der Waals surface area (Å²) in [6, 6.07) is 6.92. The van der Waals surface area contributed by atoms with Crippen LogP contribution in [-0.2, 0) is 14.3 Å². The van der Waals surface area contributed by atoms with E-state index in [4.69, 9.17) is 26.2 Å². The van der Waals surface area contributed by atoms with Gasteiger partial charge in [-0.25, -0.2) is 0 Å². The number of carboxylic acids is 1. The summed E-state index contributed by atoms with van der Waals surface area (Å²) < 4.78 is 10.8. The van der Waals surface area contributed by atoms with Gasteiger partial charge < -0.3 is 19.5 Å². The predicted octanol–water partition coefficient (Wildman–Crippen LogP) is 2.20. The minimum Gasteiger partial charge on any atom is -0.491 e. The number of rotatable bonds is 7. The molecule has 0 aliphatic carbocycles. The van der Waals surface area contributed by atoms with Crippen LogP contribution in [0.5, 0.6) is 5.75 Å². The molecule has 1 heterocycles. The highest BCUT2D eigenvalue weighted by molar-refractivity contribution is 6.32. The summed E-state index contributed by atoms with van der Waals surface area (Å²) in [5.41, 5.74) is 0. The molecule has 0 bridgehead atoms. The van der Waals surface area contributed by atoms with Gasteiger partial charge in [0.25, 0.3) is 0 Å². The summed E-state index contributed by atoms with van der Waals surface area (Å²) in [5.74, 6) is -0.735. The summed E-state index contributed by atoms with van der Waals surface area (Å²) in [6.45, 7) is 0.950. The molecule has 0 atom stereocenters. The van der Waals surface area contributed by atoms with Crippen LogP contribution in [0.25, 0.3) is 0 Å². The SMILES string of the molecule is O=C(O)CN(C(=O)CCOc1ccccc1Cl)C1CCOCC1. The van der Waals surface area contributed by atoms with Crippen molar-refractivity contribution in [2.45, 2.75) is 25.3 Å². The van der Waals surface area contributed by atoms with E-state index >= 15 is 0 Å². The standard InChI is InChI=1S/C16H20ClNO5/c17-13-3-1-2-4-14(13)23-10-7-15(19)18(11-16(20)21)12-5-8-22-9-6-12/h1-4,12H,5-11H2,(H,20,21). The van der Waals surface area contributed by atoms with E-state index in [0.29, 0.717) is 36.8 Å². The van der Waals surface area contributed by atoms with E-state index in [1.54, 1.807) is 24.3 Å². The van der Waals surface area contributed by atoms with Crippen molar-refractivity contribution in [1.82, 2.24) is 4.90 Å². The van der Waals surface area contributed by atoms with Gasteiger partial charge in [-0.1, -0.05) is 23.7 Å². The molecule has 0 aromatic heterocycles. The molecule has 1 fully saturated rings. The van der Waals surface area contributed by atoms with Crippen molar-refractivity contribution in [3.05, 3.63) is 29.3 Å². The van der Waals surface area contributed by atoms with E-state index < -0.39 is 5.97 Å². The van der Waals surface area contributed by atoms with E-state index in [2.05, 4.69) is 0 Å². The summed E-state index contributed by atoms with van der Waals surface area (Å²) >= 11 is 5.98. The second-order valence-corrected chi connectivity index (χ2v) is 5.70. The van der Waals surface area contributed by atoms with Gasteiger partial charge in [0.1, 0.15) is 12.3 Å². The molecular formula is C16H20ClNO5. The fourth-order valence-electron chi connectivity index (χ4n) is 2.52. The Bertz CT molecular complexity index is 545. The van der Waals surface area contributed by atoms with Gasteiger partial charge in [0, 0.05) is 19.3 Å². The number of para-hydroxylation sites is 1. The van der Waals surface area contributed by atoms with Crippen LogP contribution in [0.4, 0.5) is 0 Å². The lowest BCUT2D eigenvalue weighted by Gasteiger charge is -2.33. The largest absolute Gasteiger partial charge is 0.491 e. The summed E-state index contributed by atoms with van der Waals surface area (Å²) in [5, 5.41) is 9.51. The maximum atomic E-state index is 12.4. The molecule has 126 valence electrons. The Balaban J connectivity index is 1.89. The number of ether oxygens (including phenoxy) is 2. The Morgan fingerprint density at radius 1 is 1.30 bits per heavy atom. The number of nitrogens with zero attached hydrogens (tertiary/aromatic N) is 1. The van der Waals surface area contributed by atoms with Crippen molar-refractivity contribution < 1.29 is 24.2 Å². The average molecular weight is 342 g/mol. The minimum atomic E-state index is -1.02. The Kier molecular flexibility index (Phi) is 6.67. The van der Waals surface area contributed by atoms with Crippen molar-refractivity contribution >= 4 is 23.5 Å². The van der Waals surface area contributed by atoms with Gasteiger partial charge in [0.05, 0.1) is 18.1 Å². The number of benzene rings is 1. The van der Waals surface area contributed by atoms with E-state index in [1.807, 2.05) is 0 Å². The lowest BCUT2D eigenvalue weighted by atomic mass is 10.1. The molecule has 0 spiro atoms. The van der Waals surface area contributed by atoms with E-state index in [-0.39, 0.29) is 31.5 Å². The van der Waals surface area contributed by atoms with Gasteiger partial charge in [-0.15, -0.1) is 0 Å². The van der Waals surface area contributed by atoms with Crippen LogP contribution >= 0.6 is 11.6 Å². The molecule has 7 heteroatoms. The summed E-state index contributed by atoms with van der Waals surface area (Å²) in [6.07, 6.45) is 1.42. The van der Waals surface area contributed by atoms with Gasteiger partial charge in [0.2, 0.25) is 5.91 Å². The number of carbonyl (C=O) groups is 2. The predicted molar refractivity (Wildman–Crippen MR) is 84.8 cm³/mol. The second kappa shape index (κ2) is 8.74. The minimum absolute atomic E-state index is 0.0901. The molecule has 23 heavy (non-hydrogen) atoms. The lowest BCUT2D eigenvalue weighted by Crippen LogP contribution is -2.46. The highest BCUT2D eigenvalue weighted by Crippen LogP contribution is 2.23. The molecule has 0 unspecified atom stereocenters. The molecule has 1 amide bonds. The Hall–Kier alpha value is -1.79. The van der Waals surface area contributed by atoms with Crippen LogP contribution in [0, 0.1) is 0 Å². The molecular weight excluding hydrogens is 322 g/mol. The highest BCUT2D eigenvalue weighted by Gasteiger charge is 2.27. The number of amides is 1. The molecule has 6 nitrogen and oxygen atoms in total. The third-order valence-corrected chi connectivity index (χ3v) is 3.98. The van der Waals surface area contributed by atoms with Gasteiger partial charge in [-0.05, 0) is 25.0 Å². The van der Waals surface area contributed by atoms with Crippen molar-refractivity contribution in [2.75, 3.05) is 26.4 Å². The molecule has 1 aromatic rings. The number of carboxylic acid groups (broad SMARTS) is 1. The number of halogens is 1. The van der Waals surface area contributed by atoms with E-state index in [1.165, 1.54) is 4.90 Å². The van der Waals surface area contributed by atoms with Crippen LogP contribution in [-0.4, -0.2) is 54.3 Å². The zero-order valence-electron chi connectivity index (χ0n) is 12.7. The molecule has 0 saturated carbocycles. The fraction of sp³-hybridized carbons (Fsp3) is 0.500. The maximum absolute atomic E-state index is 12.4. The van der Waals surface area contributed by atoms with Crippen molar-refractivity contribution in [2.24, 2.45) is 0 Å². The molecule has 0 radical (unpaired) electrons. The average Bonchev–Trinajstić information content (AvgIpc) is 2.55. The number of aliphatic carboxylic acids is 1. The van der Waals surface area contributed by atoms with Crippen LogP contribution < -0.4 is 4.74 Å². The van der Waals surface area contributed by atoms with Crippen molar-refractivity contribution in [3.63, 3.8) is 0 Å². The zero-order valence-corrected chi connectivity index (χ0v) is 13.5. The van der Waals surface area contributed by atoms with Gasteiger partial charge in [0.15, 0.2) is 0 Å². The highest BCUT2D eigenvalue weighted by atomic mass is 35.5. The first-order valence-corrected chi connectivity index (χ1v) is 7.92. The molecule has 1 N–H and O–H groups in total. The Morgan fingerprint density at radius 3 is 2.65 bits per heavy atom. The smallest absolute Gasteiger partial charge is 0.323 e. The summed E-state index contributed by atoms with van der Waals surface area (Å²) in [4.78, 5) is 24.8. The zero-order chi connectivity index (χ0) is 16.7. The Labute approximate surface area is 139 Å². The van der Waals surface area contributed by atoms with E-state index in [9.17, 15) is 9.59 Å². The van der Waals surface area contributed by atoms with Gasteiger partial charge >= 0.3 is 5.97 Å². The second-order valence-electron chi connectivity index (χ2n) is 5.29. The van der Waals surface area contributed by atoms with Crippen LogP contribution in [0.15, 0.2) is 24.3 Å². The first-order valence-electron chi connectivity index (χ1n) is 7.54. The monoisotopic (exact) mass is 341 g/mol. The van der Waals surface area contributed by atoms with Crippen LogP contribution in [0.3, 0.4) is 0 Å². The van der Waals surface area contributed by atoms with Gasteiger partial charge in [-0.3, -0.25) is 9.59 Å². The molecule has 1 aliphatic rings.